The van der Waals surface area contributed by atoms with Crippen molar-refractivity contribution in [2.75, 3.05) is 0 Å². The van der Waals surface area contributed by atoms with Crippen LogP contribution in [0, 0.1) is 6.92 Å². The molecule has 0 atom stereocenters. The van der Waals surface area contributed by atoms with Crippen LogP contribution in [0.2, 0.25) is 5.02 Å². The van der Waals surface area contributed by atoms with Crippen molar-refractivity contribution in [1.29, 1.82) is 0 Å². The molecular formula is C14H12ClNO2. The number of benzene rings is 2. The Labute approximate surface area is 110 Å². The van der Waals surface area contributed by atoms with Gasteiger partial charge in [0.15, 0.2) is 0 Å². The zero-order valence-corrected chi connectivity index (χ0v) is 10.6. The van der Waals surface area contributed by atoms with Gasteiger partial charge in [-0.05, 0) is 31.2 Å². The predicted molar refractivity (Wildman–Crippen MR) is 71.2 cm³/mol. The van der Waals surface area contributed by atoms with Crippen LogP contribution in [-0.2, 0) is 0 Å². The fourth-order valence-electron chi connectivity index (χ4n) is 1.51. The van der Waals surface area contributed by atoms with E-state index >= 15 is 0 Å². The summed E-state index contributed by atoms with van der Waals surface area (Å²) in [5, 5.41) is 0.227. The molecule has 2 rings (SSSR count). The molecule has 0 aliphatic carbocycles. The Balaban J connectivity index is 2.32. The topological polar surface area (TPSA) is 52.3 Å². The van der Waals surface area contributed by atoms with Crippen LogP contribution in [0.1, 0.15) is 15.9 Å². The molecule has 0 radical (unpaired) electrons. The van der Waals surface area contributed by atoms with E-state index in [1.807, 2.05) is 31.2 Å². The zero-order valence-electron chi connectivity index (χ0n) is 9.81. The Morgan fingerprint density at radius 1 is 1.17 bits per heavy atom. The van der Waals surface area contributed by atoms with Gasteiger partial charge in [0.1, 0.15) is 11.5 Å². The Morgan fingerprint density at radius 3 is 2.44 bits per heavy atom. The molecule has 0 spiro atoms. The van der Waals surface area contributed by atoms with Gasteiger partial charge < -0.3 is 10.5 Å². The summed E-state index contributed by atoms with van der Waals surface area (Å²) in [4.78, 5) is 11.2. The SMILES string of the molecule is Cc1ccc(Oc2cccc(C(N)=O)c2Cl)cc1. The molecule has 0 saturated heterocycles. The number of primary amides is 1. The van der Waals surface area contributed by atoms with E-state index in [1.165, 1.54) is 0 Å². The van der Waals surface area contributed by atoms with Gasteiger partial charge in [0.05, 0.1) is 10.6 Å². The van der Waals surface area contributed by atoms with Gasteiger partial charge in [-0.25, -0.2) is 0 Å². The lowest BCUT2D eigenvalue weighted by Gasteiger charge is -2.09. The third kappa shape index (κ3) is 2.63. The minimum absolute atomic E-state index is 0.227. The van der Waals surface area contributed by atoms with E-state index in [4.69, 9.17) is 22.1 Å². The van der Waals surface area contributed by atoms with Crippen LogP contribution >= 0.6 is 11.6 Å². The highest BCUT2D eigenvalue weighted by atomic mass is 35.5. The first-order valence-corrected chi connectivity index (χ1v) is 5.78. The zero-order chi connectivity index (χ0) is 13.1. The van der Waals surface area contributed by atoms with E-state index in [9.17, 15) is 4.79 Å². The van der Waals surface area contributed by atoms with Crippen LogP contribution in [-0.4, -0.2) is 5.91 Å². The molecule has 0 bridgehead atoms. The Hall–Kier alpha value is -2.00. The lowest BCUT2D eigenvalue weighted by molar-refractivity contribution is 0.1000. The second kappa shape index (κ2) is 5.10. The molecule has 2 N–H and O–H groups in total. The average Bonchev–Trinajstić information content (AvgIpc) is 2.34. The summed E-state index contributed by atoms with van der Waals surface area (Å²) in [5.74, 6) is 0.496. The standard InChI is InChI=1S/C14H12ClNO2/c1-9-5-7-10(8-6-9)18-12-4-2-3-11(13(12)15)14(16)17/h2-8H,1H3,(H2,16,17). The Kier molecular flexibility index (Phi) is 3.53. The van der Waals surface area contributed by atoms with E-state index < -0.39 is 5.91 Å². The maximum absolute atomic E-state index is 11.2. The number of aryl methyl sites for hydroxylation is 1. The highest BCUT2D eigenvalue weighted by Crippen LogP contribution is 2.31. The highest BCUT2D eigenvalue weighted by Gasteiger charge is 2.11. The first-order chi connectivity index (χ1) is 8.58. The predicted octanol–water partition coefficient (Wildman–Crippen LogP) is 3.54. The molecule has 0 aliphatic rings. The monoisotopic (exact) mass is 261 g/mol. The van der Waals surface area contributed by atoms with Crippen molar-refractivity contribution in [2.45, 2.75) is 6.92 Å². The Bertz CT molecular complexity index is 579. The number of halogens is 1. The third-order valence-electron chi connectivity index (χ3n) is 2.48. The number of carbonyl (C=O) groups excluding carboxylic acids is 1. The summed E-state index contributed by atoms with van der Waals surface area (Å²) in [7, 11) is 0. The van der Waals surface area contributed by atoms with Crippen LogP contribution in [0.3, 0.4) is 0 Å². The average molecular weight is 262 g/mol. The lowest BCUT2D eigenvalue weighted by Crippen LogP contribution is -2.11. The number of hydrogen-bond acceptors (Lipinski definition) is 2. The first-order valence-electron chi connectivity index (χ1n) is 5.41. The second-order valence-corrected chi connectivity index (χ2v) is 4.28. The molecule has 0 heterocycles. The summed E-state index contributed by atoms with van der Waals surface area (Å²) < 4.78 is 5.62. The number of amides is 1. The van der Waals surface area contributed by atoms with Crippen LogP contribution in [0.15, 0.2) is 42.5 Å². The fraction of sp³-hybridized carbons (Fsp3) is 0.0714. The van der Waals surface area contributed by atoms with Gasteiger partial charge in [0.2, 0.25) is 5.91 Å². The summed E-state index contributed by atoms with van der Waals surface area (Å²) in [5.41, 5.74) is 6.61. The smallest absolute Gasteiger partial charge is 0.250 e. The van der Waals surface area contributed by atoms with Crippen molar-refractivity contribution >= 4 is 17.5 Å². The van der Waals surface area contributed by atoms with Gasteiger partial charge in [0.25, 0.3) is 0 Å². The molecule has 3 nitrogen and oxygen atoms in total. The molecule has 0 aliphatic heterocycles. The van der Waals surface area contributed by atoms with Crippen molar-refractivity contribution in [2.24, 2.45) is 5.73 Å². The number of rotatable bonds is 3. The minimum atomic E-state index is -0.575. The van der Waals surface area contributed by atoms with Crippen molar-refractivity contribution < 1.29 is 9.53 Å². The van der Waals surface area contributed by atoms with Gasteiger partial charge in [-0.2, -0.15) is 0 Å². The molecular weight excluding hydrogens is 250 g/mol. The first kappa shape index (κ1) is 12.5. The summed E-state index contributed by atoms with van der Waals surface area (Å²) in [6.45, 7) is 1.99. The molecule has 0 unspecified atom stereocenters. The van der Waals surface area contributed by atoms with Crippen LogP contribution in [0.4, 0.5) is 0 Å². The van der Waals surface area contributed by atoms with E-state index in [1.54, 1.807) is 18.2 Å². The van der Waals surface area contributed by atoms with E-state index in [-0.39, 0.29) is 10.6 Å². The largest absolute Gasteiger partial charge is 0.456 e. The van der Waals surface area contributed by atoms with Gasteiger partial charge in [-0.15, -0.1) is 0 Å². The molecule has 0 saturated carbocycles. The molecule has 2 aromatic carbocycles. The molecule has 18 heavy (non-hydrogen) atoms. The highest BCUT2D eigenvalue weighted by molar-refractivity contribution is 6.35. The van der Waals surface area contributed by atoms with E-state index in [2.05, 4.69) is 0 Å². The normalized spacial score (nSPS) is 10.1. The summed E-state index contributed by atoms with van der Waals surface area (Å²) in [6, 6.07) is 12.5. The number of ether oxygens (including phenoxy) is 1. The summed E-state index contributed by atoms with van der Waals surface area (Å²) >= 11 is 6.06. The van der Waals surface area contributed by atoms with Crippen LogP contribution in [0.5, 0.6) is 11.5 Å². The van der Waals surface area contributed by atoms with Crippen molar-refractivity contribution in [1.82, 2.24) is 0 Å². The van der Waals surface area contributed by atoms with Gasteiger partial charge >= 0.3 is 0 Å². The maximum atomic E-state index is 11.2. The molecule has 0 aromatic heterocycles. The number of nitrogens with two attached hydrogens (primary N) is 1. The Morgan fingerprint density at radius 2 is 1.83 bits per heavy atom. The maximum Gasteiger partial charge on any atom is 0.250 e. The minimum Gasteiger partial charge on any atom is -0.456 e. The third-order valence-corrected chi connectivity index (χ3v) is 2.87. The molecule has 1 amide bonds. The van der Waals surface area contributed by atoms with E-state index in [0.29, 0.717) is 11.5 Å². The summed E-state index contributed by atoms with van der Waals surface area (Å²) in [6.07, 6.45) is 0. The fourth-order valence-corrected chi connectivity index (χ4v) is 1.77. The van der Waals surface area contributed by atoms with Gasteiger partial charge in [-0.3, -0.25) is 4.79 Å². The van der Waals surface area contributed by atoms with Crippen LogP contribution in [0.25, 0.3) is 0 Å². The van der Waals surface area contributed by atoms with E-state index in [0.717, 1.165) is 5.56 Å². The molecule has 2 aromatic rings. The quantitative estimate of drug-likeness (QED) is 0.919. The lowest BCUT2D eigenvalue weighted by atomic mass is 10.2. The number of hydrogen-bond donors (Lipinski definition) is 1. The van der Waals surface area contributed by atoms with Crippen LogP contribution < -0.4 is 10.5 Å². The molecule has 0 fully saturated rings. The van der Waals surface area contributed by atoms with Gasteiger partial charge in [-0.1, -0.05) is 35.4 Å². The number of carbonyl (C=O) groups is 1. The van der Waals surface area contributed by atoms with Crippen molar-refractivity contribution in [3.05, 3.63) is 58.6 Å². The van der Waals surface area contributed by atoms with Crippen molar-refractivity contribution in [3.63, 3.8) is 0 Å². The molecule has 4 heteroatoms. The molecule has 92 valence electrons. The second-order valence-electron chi connectivity index (χ2n) is 3.90. The van der Waals surface area contributed by atoms with Gasteiger partial charge in [0, 0.05) is 0 Å². The van der Waals surface area contributed by atoms with Crippen molar-refractivity contribution in [3.8, 4) is 11.5 Å².